The first kappa shape index (κ1) is 12.0. The van der Waals surface area contributed by atoms with Crippen molar-refractivity contribution in [2.45, 2.75) is 31.1 Å². The van der Waals surface area contributed by atoms with Crippen LogP contribution in [0, 0.1) is 0 Å². The third-order valence-electron chi connectivity index (χ3n) is 4.03. The van der Waals surface area contributed by atoms with Gasteiger partial charge in [-0.3, -0.25) is 9.78 Å². The first-order valence-electron chi connectivity index (χ1n) is 6.64. The lowest BCUT2D eigenvalue weighted by molar-refractivity contribution is 0.517. The Bertz CT molecular complexity index is 627. The van der Waals surface area contributed by atoms with Gasteiger partial charge in [-0.15, -0.1) is 0 Å². The summed E-state index contributed by atoms with van der Waals surface area (Å²) in [6.45, 7) is 0. The van der Waals surface area contributed by atoms with Gasteiger partial charge in [0.2, 0.25) is 5.95 Å². The molecule has 1 fully saturated rings. The largest absolute Gasteiger partial charge is 0.369 e. The smallest absolute Gasteiger partial charge is 0.252 e. The van der Waals surface area contributed by atoms with Gasteiger partial charge < -0.3 is 5.73 Å². The Balaban J connectivity index is 2.18. The number of nitrogens with one attached hydrogen (secondary N) is 1. The van der Waals surface area contributed by atoms with Gasteiger partial charge in [0.15, 0.2) is 0 Å². The SMILES string of the molecule is Nc1nc(C2(c3ccccc3)CCCC2)cc(=O)[nH]1. The van der Waals surface area contributed by atoms with E-state index < -0.39 is 0 Å². The monoisotopic (exact) mass is 255 g/mol. The van der Waals surface area contributed by atoms with Crippen molar-refractivity contribution < 1.29 is 0 Å². The summed E-state index contributed by atoms with van der Waals surface area (Å²) in [5.74, 6) is 0.199. The number of hydrogen-bond acceptors (Lipinski definition) is 3. The Hall–Kier alpha value is -2.10. The first-order chi connectivity index (χ1) is 9.21. The molecule has 3 N–H and O–H groups in total. The molecule has 1 saturated carbocycles. The highest BCUT2D eigenvalue weighted by atomic mass is 16.1. The average Bonchev–Trinajstić information content (AvgIpc) is 2.89. The molecule has 0 aliphatic heterocycles. The van der Waals surface area contributed by atoms with Crippen LogP contribution in [-0.4, -0.2) is 9.97 Å². The number of nitrogen functional groups attached to an aromatic ring is 1. The molecule has 3 rings (SSSR count). The second-order valence-corrected chi connectivity index (χ2v) is 5.17. The first-order valence-corrected chi connectivity index (χ1v) is 6.64. The van der Waals surface area contributed by atoms with Crippen molar-refractivity contribution in [3.05, 3.63) is 58.0 Å². The number of aromatic amines is 1. The predicted molar refractivity (Wildman–Crippen MR) is 75.0 cm³/mol. The van der Waals surface area contributed by atoms with Crippen molar-refractivity contribution in [1.29, 1.82) is 0 Å². The van der Waals surface area contributed by atoms with Crippen LogP contribution in [0.25, 0.3) is 0 Å². The Kier molecular flexibility index (Phi) is 2.85. The third kappa shape index (κ3) is 2.03. The van der Waals surface area contributed by atoms with E-state index in [0.29, 0.717) is 0 Å². The maximum absolute atomic E-state index is 11.7. The Morgan fingerprint density at radius 3 is 2.47 bits per heavy atom. The molecule has 0 amide bonds. The fourth-order valence-electron chi connectivity index (χ4n) is 3.15. The highest BCUT2D eigenvalue weighted by Crippen LogP contribution is 2.45. The highest BCUT2D eigenvalue weighted by molar-refractivity contribution is 5.38. The average molecular weight is 255 g/mol. The van der Waals surface area contributed by atoms with Gasteiger partial charge in [-0.2, -0.15) is 0 Å². The van der Waals surface area contributed by atoms with Crippen molar-refractivity contribution in [2.24, 2.45) is 0 Å². The third-order valence-corrected chi connectivity index (χ3v) is 4.03. The van der Waals surface area contributed by atoms with Crippen LogP contribution in [0.1, 0.15) is 36.9 Å². The molecular formula is C15H17N3O. The zero-order valence-corrected chi connectivity index (χ0v) is 10.7. The molecule has 0 bridgehead atoms. The van der Waals surface area contributed by atoms with Gasteiger partial charge in [0.25, 0.3) is 5.56 Å². The van der Waals surface area contributed by atoms with Crippen LogP contribution in [0.2, 0.25) is 0 Å². The Morgan fingerprint density at radius 1 is 1.16 bits per heavy atom. The van der Waals surface area contributed by atoms with Crippen molar-refractivity contribution in [1.82, 2.24) is 9.97 Å². The summed E-state index contributed by atoms with van der Waals surface area (Å²) in [7, 11) is 0. The van der Waals surface area contributed by atoms with E-state index in [1.54, 1.807) is 6.07 Å². The maximum Gasteiger partial charge on any atom is 0.252 e. The van der Waals surface area contributed by atoms with Gasteiger partial charge in [0.1, 0.15) is 0 Å². The van der Waals surface area contributed by atoms with E-state index in [2.05, 4.69) is 22.1 Å². The molecule has 1 aliphatic rings. The van der Waals surface area contributed by atoms with Gasteiger partial charge in [-0.05, 0) is 18.4 Å². The summed E-state index contributed by atoms with van der Waals surface area (Å²) in [5, 5.41) is 0. The van der Waals surface area contributed by atoms with Gasteiger partial charge in [-0.25, -0.2) is 4.98 Å². The minimum atomic E-state index is -0.176. The van der Waals surface area contributed by atoms with Gasteiger partial charge in [0.05, 0.1) is 5.69 Å². The van der Waals surface area contributed by atoms with Crippen molar-refractivity contribution >= 4 is 5.95 Å². The van der Waals surface area contributed by atoms with Crippen LogP contribution in [0.15, 0.2) is 41.2 Å². The Morgan fingerprint density at radius 2 is 1.84 bits per heavy atom. The molecule has 2 aromatic rings. The van der Waals surface area contributed by atoms with Crippen LogP contribution in [0.5, 0.6) is 0 Å². The molecule has 1 aliphatic carbocycles. The number of H-pyrrole nitrogens is 1. The van der Waals surface area contributed by atoms with Crippen LogP contribution < -0.4 is 11.3 Å². The lowest BCUT2D eigenvalue weighted by atomic mass is 9.76. The zero-order valence-electron chi connectivity index (χ0n) is 10.7. The fourth-order valence-corrected chi connectivity index (χ4v) is 3.15. The molecule has 0 atom stereocenters. The molecule has 4 heteroatoms. The lowest BCUT2D eigenvalue weighted by Crippen LogP contribution is -2.28. The van der Waals surface area contributed by atoms with E-state index in [1.165, 1.54) is 5.56 Å². The molecule has 19 heavy (non-hydrogen) atoms. The molecule has 0 saturated heterocycles. The second-order valence-electron chi connectivity index (χ2n) is 5.17. The number of rotatable bonds is 2. The summed E-state index contributed by atoms with van der Waals surface area (Å²) < 4.78 is 0. The molecule has 1 aromatic carbocycles. The van der Waals surface area contributed by atoms with Crippen molar-refractivity contribution in [3.8, 4) is 0 Å². The molecule has 4 nitrogen and oxygen atoms in total. The van der Waals surface area contributed by atoms with E-state index in [1.807, 2.05) is 18.2 Å². The quantitative estimate of drug-likeness (QED) is 0.864. The number of anilines is 1. The second kappa shape index (κ2) is 4.53. The highest BCUT2D eigenvalue weighted by Gasteiger charge is 2.38. The summed E-state index contributed by atoms with van der Waals surface area (Å²) in [6, 6.07) is 11.9. The summed E-state index contributed by atoms with van der Waals surface area (Å²) in [5.41, 5.74) is 7.40. The van der Waals surface area contributed by atoms with Crippen LogP contribution in [0.3, 0.4) is 0 Å². The molecular weight excluding hydrogens is 238 g/mol. The molecule has 0 unspecified atom stereocenters. The molecule has 1 heterocycles. The number of nitrogens with two attached hydrogens (primary N) is 1. The van der Waals surface area contributed by atoms with Gasteiger partial charge in [-0.1, -0.05) is 43.2 Å². The van der Waals surface area contributed by atoms with E-state index in [0.717, 1.165) is 31.4 Å². The summed E-state index contributed by atoms with van der Waals surface area (Å²) >= 11 is 0. The lowest BCUT2D eigenvalue weighted by Gasteiger charge is -2.29. The minimum absolute atomic E-state index is 0.149. The van der Waals surface area contributed by atoms with Gasteiger partial charge in [0, 0.05) is 11.5 Å². The van der Waals surface area contributed by atoms with E-state index >= 15 is 0 Å². The normalized spacial score (nSPS) is 17.5. The predicted octanol–water partition coefficient (Wildman–Crippen LogP) is 2.21. The number of benzene rings is 1. The number of nitrogens with zero attached hydrogens (tertiary/aromatic N) is 1. The number of hydrogen-bond donors (Lipinski definition) is 2. The topological polar surface area (TPSA) is 71.8 Å². The van der Waals surface area contributed by atoms with Crippen LogP contribution in [0.4, 0.5) is 5.95 Å². The van der Waals surface area contributed by atoms with Crippen LogP contribution >= 0.6 is 0 Å². The summed E-state index contributed by atoms with van der Waals surface area (Å²) in [4.78, 5) is 18.6. The molecule has 0 radical (unpaired) electrons. The van der Waals surface area contributed by atoms with Crippen molar-refractivity contribution in [3.63, 3.8) is 0 Å². The molecule has 98 valence electrons. The van der Waals surface area contributed by atoms with Crippen molar-refractivity contribution in [2.75, 3.05) is 5.73 Å². The minimum Gasteiger partial charge on any atom is -0.369 e. The Labute approximate surface area is 111 Å². The van der Waals surface area contributed by atoms with Crippen LogP contribution in [-0.2, 0) is 5.41 Å². The summed E-state index contributed by atoms with van der Waals surface area (Å²) in [6.07, 6.45) is 4.35. The maximum atomic E-state index is 11.7. The standard InChI is InChI=1S/C15H17N3O/c16-14-17-12(10-13(19)18-14)15(8-4-5-9-15)11-6-2-1-3-7-11/h1-3,6-7,10H,4-5,8-9H2,(H3,16,17,18,19). The van der Waals surface area contributed by atoms with Gasteiger partial charge >= 0.3 is 0 Å². The molecule has 1 aromatic heterocycles. The zero-order chi connectivity index (χ0) is 13.3. The fraction of sp³-hybridized carbons (Fsp3) is 0.333. The van der Waals surface area contributed by atoms with E-state index in [-0.39, 0.29) is 16.9 Å². The van der Waals surface area contributed by atoms with E-state index in [9.17, 15) is 4.79 Å². The molecule has 0 spiro atoms. The number of aromatic nitrogens is 2. The van der Waals surface area contributed by atoms with E-state index in [4.69, 9.17) is 5.73 Å².